The fourth-order valence-electron chi connectivity index (χ4n) is 4.05. The first-order chi connectivity index (χ1) is 14.7. The quantitative estimate of drug-likeness (QED) is 0.558. The second kappa shape index (κ2) is 8.34. The summed E-state index contributed by atoms with van der Waals surface area (Å²) >= 11 is 7.73. The molecule has 0 saturated carbocycles. The van der Waals surface area contributed by atoms with Crippen molar-refractivity contribution < 1.29 is 4.79 Å². The Morgan fingerprint density at radius 3 is 1.97 bits per heavy atom. The van der Waals surface area contributed by atoms with Crippen LogP contribution in [0.2, 0.25) is 5.02 Å². The third-order valence-corrected chi connectivity index (χ3v) is 6.99. The number of fused-ring (bicyclic) bond motifs is 2. The molecular formula is C24H22ClN3OS. The molecule has 3 aromatic carbocycles. The summed E-state index contributed by atoms with van der Waals surface area (Å²) in [7, 11) is 0. The van der Waals surface area contributed by atoms with Crippen molar-refractivity contribution in [1.29, 1.82) is 0 Å². The van der Waals surface area contributed by atoms with Crippen molar-refractivity contribution in [2.45, 2.75) is 9.79 Å². The molecule has 3 aromatic rings. The van der Waals surface area contributed by atoms with E-state index in [9.17, 15) is 4.79 Å². The molecule has 152 valence electrons. The molecule has 1 fully saturated rings. The Kier molecular flexibility index (Phi) is 5.42. The van der Waals surface area contributed by atoms with Gasteiger partial charge in [0.2, 0.25) is 5.91 Å². The van der Waals surface area contributed by atoms with Gasteiger partial charge in [-0.05, 0) is 48.5 Å². The maximum atomic E-state index is 13.4. The molecule has 1 saturated heterocycles. The lowest BCUT2D eigenvalue weighted by Crippen LogP contribution is -2.49. The van der Waals surface area contributed by atoms with Crippen molar-refractivity contribution in [2.75, 3.05) is 42.5 Å². The number of nitrogens with zero attached hydrogens (tertiary/aromatic N) is 3. The Morgan fingerprint density at radius 2 is 1.37 bits per heavy atom. The fourth-order valence-corrected chi connectivity index (χ4v) is 5.24. The third-order valence-electron chi connectivity index (χ3n) is 5.60. The zero-order chi connectivity index (χ0) is 20.5. The first-order valence-electron chi connectivity index (χ1n) is 10.1. The number of hydrogen-bond acceptors (Lipinski definition) is 4. The van der Waals surface area contributed by atoms with Crippen LogP contribution in [0, 0.1) is 0 Å². The standard InChI is InChI=1S/C24H22ClN3OS/c25-18-9-11-19(12-10-18)27-15-13-26(14-16-27)17-24(29)28-20-5-1-3-7-22(20)30-23-8-4-2-6-21(23)28/h1-12H,13-17H2. The second-order valence-corrected chi connectivity index (χ2v) is 9.03. The van der Waals surface area contributed by atoms with Gasteiger partial charge >= 0.3 is 0 Å². The summed E-state index contributed by atoms with van der Waals surface area (Å²) in [6.07, 6.45) is 0. The van der Waals surface area contributed by atoms with Crippen LogP contribution in [0.3, 0.4) is 0 Å². The van der Waals surface area contributed by atoms with Crippen LogP contribution in [-0.4, -0.2) is 43.5 Å². The zero-order valence-corrected chi connectivity index (χ0v) is 18.1. The van der Waals surface area contributed by atoms with Gasteiger partial charge in [0, 0.05) is 46.7 Å². The van der Waals surface area contributed by atoms with E-state index in [1.54, 1.807) is 11.8 Å². The molecule has 0 aliphatic carbocycles. The summed E-state index contributed by atoms with van der Waals surface area (Å²) in [6.45, 7) is 3.94. The van der Waals surface area contributed by atoms with Crippen LogP contribution in [0.1, 0.15) is 0 Å². The number of carbonyl (C=O) groups is 1. The lowest BCUT2D eigenvalue weighted by molar-refractivity contribution is -0.119. The van der Waals surface area contributed by atoms with E-state index in [0.29, 0.717) is 6.54 Å². The number of hydrogen-bond donors (Lipinski definition) is 0. The Labute approximate surface area is 186 Å². The highest BCUT2D eigenvalue weighted by atomic mass is 35.5. The van der Waals surface area contributed by atoms with Gasteiger partial charge in [0.05, 0.1) is 17.9 Å². The first-order valence-corrected chi connectivity index (χ1v) is 11.3. The minimum absolute atomic E-state index is 0.121. The molecule has 1 amide bonds. The summed E-state index contributed by atoms with van der Waals surface area (Å²) in [5.74, 6) is 0.121. The van der Waals surface area contributed by atoms with Crippen LogP contribution >= 0.6 is 23.4 Å². The van der Waals surface area contributed by atoms with Crippen LogP contribution in [0.15, 0.2) is 82.6 Å². The minimum atomic E-state index is 0.121. The highest BCUT2D eigenvalue weighted by Gasteiger charge is 2.29. The van der Waals surface area contributed by atoms with Gasteiger partial charge in [-0.25, -0.2) is 0 Å². The van der Waals surface area contributed by atoms with Gasteiger partial charge in [0.15, 0.2) is 0 Å². The van der Waals surface area contributed by atoms with Gasteiger partial charge in [0.25, 0.3) is 0 Å². The molecule has 0 N–H and O–H groups in total. The molecule has 2 aliphatic rings. The van der Waals surface area contributed by atoms with Crippen molar-refractivity contribution in [1.82, 2.24) is 4.90 Å². The first kappa shape index (κ1) is 19.5. The van der Waals surface area contributed by atoms with E-state index in [2.05, 4.69) is 34.1 Å². The number of anilines is 3. The minimum Gasteiger partial charge on any atom is -0.369 e. The van der Waals surface area contributed by atoms with Gasteiger partial charge in [-0.3, -0.25) is 14.6 Å². The number of benzene rings is 3. The van der Waals surface area contributed by atoms with E-state index in [0.717, 1.165) is 52.4 Å². The van der Waals surface area contributed by atoms with E-state index in [4.69, 9.17) is 11.6 Å². The van der Waals surface area contributed by atoms with E-state index >= 15 is 0 Å². The smallest absolute Gasteiger partial charge is 0.245 e. The number of rotatable bonds is 3. The third kappa shape index (κ3) is 3.81. The number of carbonyl (C=O) groups excluding carboxylic acids is 1. The van der Waals surface area contributed by atoms with E-state index in [-0.39, 0.29) is 5.91 Å². The number of piperazine rings is 1. The molecule has 6 heteroatoms. The van der Waals surface area contributed by atoms with Crippen molar-refractivity contribution >= 4 is 46.3 Å². The van der Waals surface area contributed by atoms with Crippen LogP contribution in [-0.2, 0) is 4.79 Å². The van der Waals surface area contributed by atoms with E-state index in [1.807, 2.05) is 53.4 Å². The monoisotopic (exact) mass is 435 g/mol. The summed E-state index contributed by atoms with van der Waals surface area (Å²) in [5.41, 5.74) is 3.14. The number of para-hydroxylation sites is 2. The summed E-state index contributed by atoms with van der Waals surface area (Å²) in [6, 6.07) is 24.3. The summed E-state index contributed by atoms with van der Waals surface area (Å²) in [5, 5.41) is 0.753. The molecule has 2 aliphatic heterocycles. The number of halogens is 1. The average Bonchev–Trinajstić information content (AvgIpc) is 2.78. The molecule has 0 radical (unpaired) electrons. The molecule has 4 nitrogen and oxygen atoms in total. The zero-order valence-electron chi connectivity index (χ0n) is 16.5. The van der Waals surface area contributed by atoms with E-state index in [1.165, 1.54) is 5.69 Å². The Bertz CT molecular complexity index is 1020. The molecule has 0 atom stereocenters. The molecule has 5 rings (SSSR count). The molecule has 30 heavy (non-hydrogen) atoms. The van der Waals surface area contributed by atoms with Crippen molar-refractivity contribution in [3.05, 3.63) is 77.8 Å². The van der Waals surface area contributed by atoms with Crippen molar-refractivity contribution in [2.24, 2.45) is 0 Å². The van der Waals surface area contributed by atoms with Crippen LogP contribution in [0.4, 0.5) is 17.1 Å². The maximum absolute atomic E-state index is 13.4. The molecule has 0 aromatic heterocycles. The molecule has 2 heterocycles. The molecule has 0 bridgehead atoms. The molecule has 0 unspecified atom stereocenters. The van der Waals surface area contributed by atoms with Crippen LogP contribution < -0.4 is 9.80 Å². The highest BCUT2D eigenvalue weighted by molar-refractivity contribution is 7.99. The summed E-state index contributed by atoms with van der Waals surface area (Å²) in [4.78, 5) is 22.2. The Balaban J connectivity index is 1.30. The Morgan fingerprint density at radius 1 is 0.800 bits per heavy atom. The normalized spacial score (nSPS) is 16.2. The van der Waals surface area contributed by atoms with Gasteiger partial charge in [-0.2, -0.15) is 0 Å². The molecular weight excluding hydrogens is 414 g/mol. The van der Waals surface area contributed by atoms with Gasteiger partial charge in [0.1, 0.15) is 0 Å². The summed E-state index contributed by atoms with van der Waals surface area (Å²) < 4.78 is 0. The molecule has 0 spiro atoms. The Hall–Kier alpha value is -2.47. The lowest BCUT2D eigenvalue weighted by Gasteiger charge is -2.37. The SMILES string of the molecule is O=C(CN1CCN(c2ccc(Cl)cc2)CC1)N1c2ccccc2Sc2ccccc21. The second-order valence-electron chi connectivity index (χ2n) is 7.51. The van der Waals surface area contributed by atoms with Gasteiger partial charge in [-0.15, -0.1) is 0 Å². The maximum Gasteiger partial charge on any atom is 0.245 e. The fraction of sp³-hybridized carbons (Fsp3) is 0.208. The highest BCUT2D eigenvalue weighted by Crippen LogP contribution is 2.47. The largest absolute Gasteiger partial charge is 0.369 e. The van der Waals surface area contributed by atoms with Crippen LogP contribution in [0.5, 0.6) is 0 Å². The van der Waals surface area contributed by atoms with Gasteiger partial charge in [-0.1, -0.05) is 47.6 Å². The predicted octanol–water partition coefficient (Wildman–Crippen LogP) is 5.29. The van der Waals surface area contributed by atoms with E-state index < -0.39 is 0 Å². The van der Waals surface area contributed by atoms with Gasteiger partial charge < -0.3 is 4.90 Å². The van der Waals surface area contributed by atoms with Crippen molar-refractivity contribution in [3.63, 3.8) is 0 Å². The average molecular weight is 436 g/mol. The topological polar surface area (TPSA) is 26.8 Å². The van der Waals surface area contributed by atoms with Crippen LogP contribution in [0.25, 0.3) is 0 Å². The number of amides is 1. The van der Waals surface area contributed by atoms with Crippen molar-refractivity contribution in [3.8, 4) is 0 Å². The lowest BCUT2D eigenvalue weighted by atomic mass is 10.2. The predicted molar refractivity (Wildman–Crippen MR) is 124 cm³/mol.